The van der Waals surface area contributed by atoms with Gasteiger partial charge in [0, 0.05) is 11.5 Å². The lowest BCUT2D eigenvalue weighted by molar-refractivity contribution is 0.365. The Morgan fingerprint density at radius 2 is 1.34 bits per heavy atom. The van der Waals surface area contributed by atoms with E-state index in [4.69, 9.17) is 4.43 Å². The molecule has 3 aromatic carbocycles. The van der Waals surface area contributed by atoms with Crippen LogP contribution in [0, 0.1) is 58.5 Å². The molecule has 4 rings (SSSR count). The van der Waals surface area contributed by atoms with Crippen molar-refractivity contribution in [3.63, 3.8) is 0 Å². The second-order valence-corrected chi connectivity index (χ2v) is 17.3. The van der Waals surface area contributed by atoms with E-state index in [1.54, 1.807) is 6.07 Å². The minimum atomic E-state index is -3.17. The fourth-order valence-corrected chi connectivity index (χ4v) is 12.4. The van der Waals surface area contributed by atoms with Gasteiger partial charge in [-0.2, -0.15) is 4.39 Å². The van der Waals surface area contributed by atoms with E-state index < -0.39 is 82.1 Å². The SMILES string of the molecule is CCCCCCC(CC)CC[Si](Oc1c(F)c(F)c2c(F)c3c(F)c(F)c(F)[c]c3c(F)c2c1F)(C(C)C)C1CCCCC1. The standard InChI is InChI=1S/C34H41F8OSi/c1-5-7-8-10-13-20(6-2)16-17-44(19(3)4,21-14-11-9-12-15-21)43-34-32(41)25-26(31(40)33(34)42)29(38)24-22(27(25)36)18-23(35)28(37)30(24)39/h19-21H,5-17H2,1-4H3. The molecule has 0 aromatic heterocycles. The van der Waals surface area contributed by atoms with E-state index in [1.807, 2.05) is 13.8 Å². The molecule has 1 aliphatic rings. The predicted molar refractivity (Wildman–Crippen MR) is 160 cm³/mol. The molecule has 0 saturated heterocycles. The van der Waals surface area contributed by atoms with Crippen LogP contribution in [0.2, 0.25) is 17.1 Å². The van der Waals surface area contributed by atoms with Crippen LogP contribution in [0.4, 0.5) is 35.1 Å². The van der Waals surface area contributed by atoms with Gasteiger partial charge in [0.1, 0.15) is 11.6 Å². The minimum absolute atomic E-state index is 0.00379. The van der Waals surface area contributed by atoms with Gasteiger partial charge in [-0.25, -0.2) is 30.7 Å². The summed E-state index contributed by atoms with van der Waals surface area (Å²) in [6.07, 6.45) is 11.6. The fourth-order valence-electron chi connectivity index (χ4n) is 7.14. The molecule has 0 amide bonds. The first-order valence-electron chi connectivity index (χ1n) is 16.0. The molecule has 0 bridgehead atoms. The number of unbranched alkanes of at least 4 members (excludes halogenated alkanes) is 3. The lowest BCUT2D eigenvalue weighted by atomic mass is 9.96. The zero-order valence-corrected chi connectivity index (χ0v) is 26.9. The molecule has 44 heavy (non-hydrogen) atoms. The van der Waals surface area contributed by atoms with Crippen molar-refractivity contribution in [1.82, 2.24) is 0 Å². The van der Waals surface area contributed by atoms with Crippen molar-refractivity contribution in [2.75, 3.05) is 0 Å². The van der Waals surface area contributed by atoms with E-state index in [9.17, 15) is 13.2 Å². The topological polar surface area (TPSA) is 9.23 Å². The lowest BCUT2D eigenvalue weighted by Crippen LogP contribution is -2.50. The van der Waals surface area contributed by atoms with Gasteiger partial charge in [0.25, 0.3) is 8.32 Å². The van der Waals surface area contributed by atoms with Crippen molar-refractivity contribution >= 4 is 29.9 Å². The van der Waals surface area contributed by atoms with Gasteiger partial charge in [-0.3, -0.25) is 0 Å². The maximum Gasteiger partial charge on any atom is 0.257 e. The molecule has 1 radical (unpaired) electrons. The molecule has 1 saturated carbocycles. The summed E-state index contributed by atoms with van der Waals surface area (Å²) >= 11 is 0. The molecule has 243 valence electrons. The molecule has 2 atom stereocenters. The minimum Gasteiger partial charge on any atom is -0.539 e. The van der Waals surface area contributed by atoms with Crippen LogP contribution in [0.25, 0.3) is 21.5 Å². The Hall–Kier alpha value is -2.36. The number of halogens is 8. The van der Waals surface area contributed by atoms with Crippen LogP contribution in [-0.4, -0.2) is 8.32 Å². The van der Waals surface area contributed by atoms with Gasteiger partial charge in [-0.1, -0.05) is 85.5 Å². The number of hydrogen-bond acceptors (Lipinski definition) is 1. The van der Waals surface area contributed by atoms with Crippen molar-refractivity contribution in [1.29, 1.82) is 0 Å². The van der Waals surface area contributed by atoms with E-state index in [0.717, 1.165) is 77.0 Å². The summed E-state index contributed by atoms with van der Waals surface area (Å²) in [6.45, 7) is 8.11. The van der Waals surface area contributed by atoms with Crippen LogP contribution in [-0.2, 0) is 0 Å². The second-order valence-electron chi connectivity index (χ2n) is 12.7. The van der Waals surface area contributed by atoms with Crippen molar-refractivity contribution in [2.45, 2.75) is 122 Å². The summed E-state index contributed by atoms with van der Waals surface area (Å²) in [5, 5.41) is -5.64. The molecule has 1 aliphatic carbocycles. The van der Waals surface area contributed by atoms with Gasteiger partial charge in [0.15, 0.2) is 34.8 Å². The van der Waals surface area contributed by atoms with E-state index in [2.05, 4.69) is 13.8 Å². The Balaban J connectivity index is 1.87. The van der Waals surface area contributed by atoms with Crippen molar-refractivity contribution in [3.8, 4) is 5.75 Å². The van der Waals surface area contributed by atoms with Crippen molar-refractivity contribution < 1.29 is 39.5 Å². The van der Waals surface area contributed by atoms with E-state index >= 15 is 22.0 Å². The molecule has 0 spiro atoms. The van der Waals surface area contributed by atoms with Crippen molar-refractivity contribution in [2.24, 2.45) is 5.92 Å². The van der Waals surface area contributed by atoms with Gasteiger partial charge in [-0.05, 0) is 42.3 Å². The maximum atomic E-state index is 16.2. The van der Waals surface area contributed by atoms with Crippen LogP contribution in [0.3, 0.4) is 0 Å². The molecule has 0 N–H and O–H groups in total. The summed E-state index contributed by atoms with van der Waals surface area (Å²) in [5.74, 6) is -16.4. The molecule has 2 unspecified atom stereocenters. The zero-order valence-electron chi connectivity index (χ0n) is 25.9. The van der Waals surface area contributed by atoms with E-state index in [1.165, 1.54) is 0 Å². The molecule has 0 heterocycles. The summed E-state index contributed by atoms with van der Waals surface area (Å²) in [5.41, 5.74) is -0.150. The molecular weight excluding hydrogens is 604 g/mol. The lowest BCUT2D eigenvalue weighted by Gasteiger charge is -2.44. The van der Waals surface area contributed by atoms with Crippen LogP contribution in [0.5, 0.6) is 5.75 Å². The second kappa shape index (κ2) is 14.4. The number of rotatable bonds is 13. The van der Waals surface area contributed by atoms with Crippen LogP contribution in [0.15, 0.2) is 0 Å². The van der Waals surface area contributed by atoms with Gasteiger partial charge in [0.05, 0.1) is 16.2 Å². The van der Waals surface area contributed by atoms with Crippen LogP contribution >= 0.6 is 0 Å². The Kier molecular flexibility index (Phi) is 11.3. The number of hydrogen-bond donors (Lipinski definition) is 0. The summed E-state index contributed by atoms with van der Waals surface area (Å²) in [7, 11) is -3.17. The summed E-state index contributed by atoms with van der Waals surface area (Å²) < 4.78 is 127. The molecular formula is C34H41F8OSi. The molecule has 10 heteroatoms. The highest BCUT2D eigenvalue weighted by atomic mass is 28.4. The van der Waals surface area contributed by atoms with Gasteiger partial charge in [-0.15, -0.1) is 0 Å². The molecule has 1 fully saturated rings. The van der Waals surface area contributed by atoms with Crippen molar-refractivity contribution in [3.05, 3.63) is 52.6 Å². The maximum absolute atomic E-state index is 16.2. The third-order valence-electron chi connectivity index (χ3n) is 9.80. The predicted octanol–water partition coefficient (Wildman–Crippen LogP) is 12.4. The average molecular weight is 646 g/mol. The van der Waals surface area contributed by atoms with E-state index in [-0.39, 0.29) is 11.1 Å². The largest absolute Gasteiger partial charge is 0.539 e. The first kappa shape index (κ1) is 34.5. The zero-order chi connectivity index (χ0) is 32.3. The highest BCUT2D eigenvalue weighted by Gasteiger charge is 2.49. The molecule has 3 aromatic rings. The smallest absolute Gasteiger partial charge is 0.257 e. The Labute approximate surface area is 255 Å². The molecule has 1 nitrogen and oxygen atoms in total. The van der Waals surface area contributed by atoms with Gasteiger partial charge >= 0.3 is 0 Å². The number of benzene rings is 3. The number of fused-ring (bicyclic) bond motifs is 2. The fraction of sp³-hybridized carbons (Fsp3) is 0.588. The third kappa shape index (κ3) is 6.34. The Morgan fingerprint density at radius 1 is 0.705 bits per heavy atom. The van der Waals surface area contributed by atoms with Crippen LogP contribution in [0.1, 0.15) is 105 Å². The highest BCUT2D eigenvalue weighted by Crippen LogP contribution is 2.49. The van der Waals surface area contributed by atoms with Gasteiger partial charge < -0.3 is 4.43 Å². The van der Waals surface area contributed by atoms with Crippen LogP contribution < -0.4 is 4.43 Å². The summed E-state index contributed by atoms with van der Waals surface area (Å²) in [6, 6.07) is 2.10. The highest BCUT2D eigenvalue weighted by molar-refractivity contribution is 6.77. The summed E-state index contributed by atoms with van der Waals surface area (Å²) in [4.78, 5) is 0. The first-order chi connectivity index (χ1) is 20.9. The first-order valence-corrected chi connectivity index (χ1v) is 18.2. The Morgan fingerprint density at radius 3 is 1.95 bits per heavy atom. The normalized spacial score (nSPS) is 16.7. The monoisotopic (exact) mass is 645 g/mol. The van der Waals surface area contributed by atoms with E-state index in [0.29, 0.717) is 12.0 Å². The third-order valence-corrected chi connectivity index (χ3v) is 15.4. The van der Waals surface area contributed by atoms with Gasteiger partial charge in [0.2, 0.25) is 5.82 Å². The molecule has 0 aliphatic heterocycles. The average Bonchev–Trinajstić information content (AvgIpc) is 3.01. The quantitative estimate of drug-likeness (QED) is 0.0449. The Bertz CT molecular complexity index is 1490.